The Morgan fingerprint density at radius 2 is 1.20 bits per heavy atom. The lowest BCUT2D eigenvalue weighted by Gasteiger charge is -2.54. The molecule has 81 heavy (non-hydrogen) atoms. The number of hydrogen-bond acceptors (Lipinski definition) is 20. The van der Waals surface area contributed by atoms with Crippen LogP contribution in [0.2, 0.25) is 0 Å². The summed E-state index contributed by atoms with van der Waals surface area (Å²) in [5.74, 6) is -4.57. The van der Waals surface area contributed by atoms with E-state index >= 15 is 0 Å². The Kier molecular flexibility index (Phi) is 13.4. The molecule has 3 N–H and O–H groups in total. The summed E-state index contributed by atoms with van der Waals surface area (Å²) in [6, 6.07) is 0. The molecule has 0 aromatic rings. The average molecular weight is 1140 g/mol. The van der Waals surface area contributed by atoms with E-state index in [0.29, 0.717) is 77.0 Å². The molecule has 3 spiro atoms. The van der Waals surface area contributed by atoms with Crippen molar-refractivity contribution in [3.8, 4) is 0 Å². The van der Waals surface area contributed by atoms with Gasteiger partial charge in [0.2, 0.25) is 5.79 Å². The maximum absolute atomic E-state index is 14.6. The van der Waals surface area contributed by atoms with Crippen LogP contribution in [0, 0.1) is 23.7 Å². The summed E-state index contributed by atoms with van der Waals surface area (Å²) in [5, 5.41) is 31.9. The molecule has 33 atom stereocenters. The number of hydrogen-bond donors (Lipinski definition) is 3. The van der Waals surface area contributed by atoms with Gasteiger partial charge in [0.15, 0.2) is 17.4 Å². The van der Waals surface area contributed by atoms with Crippen molar-refractivity contribution in [2.24, 2.45) is 23.7 Å². The molecule has 12 bridgehead atoms. The fraction of sp³-hybridized carbons (Fsp3) is 0.918. The van der Waals surface area contributed by atoms with Gasteiger partial charge in [0.25, 0.3) is 0 Å². The van der Waals surface area contributed by atoms with Crippen molar-refractivity contribution in [2.45, 2.75) is 319 Å². The number of carbonyl (C=O) groups excluding carboxylic acids is 1. The SMILES string of the molecule is C=C1C2C[C@@H]3O[C@H]4C[C@H]5O[C@]6(C[C@@H]7O[C@]8(C[C@H](C)[C@@H]9O[C@@H]%10C[C@@H]([C@@H](O)CO)O[C@@H]%10C[C@@H]9O8)C[C@H](C)[C@@H]7O6)C[C@H]5O[C@H]4[C@H](C)[C@H]3OC(=O)C[C@H]3CC[C@@H]4OC5[C@H]6O[C@@]7(O)C[C@](CC[C@H]8CC(=C)[C@H](CC[C@@H](C[C@H]1C)O2)O8)(O[C@H]6[C@H]4O3)O[C@@H]57. The lowest BCUT2D eigenvalue weighted by atomic mass is 9.78. The van der Waals surface area contributed by atoms with Crippen LogP contribution in [0.5, 0.6) is 0 Å². The summed E-state index contributed by atoms with van der Waals surface area (Å²) in [5.41, 5.74) is 2.09. The van der Waals surface area contributed by atoms with Gasteiger partial charge < -0.3 is 91.1 Å². The number of fused-ring (bicyclic) bond motifs is 11. The summed E-state index contributed by atoms with van der Waals surface area (Å²) in [4.78, 5) is 14.6. The minimum atomic E-state index is -1.54. The first kappa shape index (κ1) is 54.6. The van der Waals surface area contributed by atoms with Gasteiger partial charge in [-0.15, -0.1) is 0 Å². The first-order chi connectivity index (χ1) is 38.9. The van der Waals surface area contributed by atoms with Crippen LogP contribution in [-0.4, -0.2) is 204 Å². The number of ether oxygens (including phenoxy) is 16. The summed E-state index contributed by atoms with van der Waals surface area (Å²) >= 11 is 0. The molecule has 0 aromatic heterocycles. The predicted molar refractivity (Wildman–Crippen MR) is 278 cm³/mol. The summed E-state index contributed by atoms with van der Waals surface area (Å²) in [6.45, 7) is 17.5. The lowest BCUT2D eigenvalue weighted by Crippen LogP contribution is -2.62. The second-order valence-electron chi connectivity index (χ2n) is 28.3. The molecule has 450 valence electrons. The van der Waals surface area contributed by atoms with Crippen LogP contribution in [0.15, 0.2) is 24.3 Å². The van der Waals surface area contributed by atoms with Crippen molar-refractivity contribution in [3.05, 3.63) is 24.3 Å². The van der Waals surface area contributed by atoms with Crippen molar-refractivity contribution in [3.63, 3.8) is 0 Å². The maximum atomic E-state index is 14.6. The zero-order chi connectivity index (χ0) is 55.2. The molecule has 17 aliphatic heterocycles. The third-order valence-electron chi connectivity index (χ3n) is 22.7. The molecule has 0 aliphatic carbocycles. The number of rotatable bonds is 2. The molecule has 17 saturated heterocycles. The Morgan fingerprint density at radius 3 is 2.05 bits per heavy atom. The van der Waals surface area contributed by atoms with Crippen LogP contribution in [0.25, 0.3) is 0 Å². The Labute approximate surface area is 474 Å². The maximum Gasteiger partial charge on any atom is 0.308 e. The molecule has 20 heteroatoms. The molecule has 0 radical (unpaired) electrons. The van der Waals surface area contributed by atoms with Crippen LogP contribution in [0.3, 0.4) is 0 Å². The summed E-state index contributed by atoms with van der Waals surface area (Å²) in [7, 11) is 0. The topological polar surface area (TPSA) is 225 Å². The van der Waals surface area contributed by atoms with Crippen LogP contribution in [-0.2, 0) is 80.6 Å². The monoisotopic (exact) mass is 1140 g/mol. The quantitative estimate of drug-likeness (QED) is 0.253. The van der Waals surface area contributed by atoms with Crippen molar-refractivity contribution in [1.29, 1.82) is 0 Å². The van der Waals surface area contributed by atoms with Gasteiger partial charge in [-0.2, -0.15) is 0 Å². The number of aliphatic hydroxyl groups is 3. The lowest BCUT2D eigenvalue weighted by molar-refractivity contribution is -0.369. The van der Waals surface area contributed by atoms with Gasteiger partial charge in [-0.25, -0.2) is 0 Å². The Hall–Kier alpha value is -1.77. The van der Waals surface area contributed by atoms with E-state index in [-0.39, 0.29) is 135 Å². The van der Waals surface area contributed by atoms with Crippen molar-refractivity contribution >= 4 is 5.97 Å². The third-order valence-corrected chi connectivity index (χ3v) is 22.7. The molecule has 0 aromatic carbocycles. The van der Waals surface area contributed by atoms with E-state index in [1.165, 1.54) is 0 Å². The van der Waals surface area contributed by atoms with Crippen molar-refractivity contribution in [2.75, 3.05) is 6.61 Å². The highest BCUT2D eigenvalue weighted by Crippen LogP contribution is 2.60. The van der Waals surface area contributed by atoms with E-state index in [1.54, 1.807) is 0 Å². The highest BCUT2D eigenvalue weighted by Gasteiger charge is 2.75. The molecule has 17 rings (SSSR count). The molecule has 2 unspecified atom stereocenters. The zero-order valence-corrected chi connectivity index (χ0v) is 47.4. The third kappa shape index (κ3) is 9.12. The number of carbonyl (C=O) groups is 1. The molecule has 17 aliphatic rings. The fourth-order valence-corrected chi connectivity index (χ4v) is 18.9. The highest BCUT2D eigenvalue weighted by molar-refractivity contribution is 5.70. The van der Waals surface area contributed by atoms with Gasteiger partial charge in [0, 0.05) is 63.7 Å². The smallest absolute Gasteiger partial charge is 0.308 e. The molecule has 17 fully saturated rings. The van der Waals surface area contributed by atoms with Gasteiger partial charge in [-0.05, 0) is 73.8 Å². The van der Waals surface area contributed by atoms with Gasteiger partial charge in [0.05, 0.1) is 129 Å². The van der Waals surface area contributed by atoms with E-state index in [9.17, 15) is 20.1 Å². The van der Waals surface area contributed by atoms with Crippen LogP contribution < -0.4 is 0 Å². The van der Waals surface area contributed by atoms with E-state index < -0.39 is 90.3 Å². The summed E-state index contributed by atoms with van der Waals surface area (Å²) < 4.78 is 110. The van der Waals surface area contributed by atoms with Gasteiger partial charge in [-0.1, -0.05) is 40.9 Å². The zero-order valence-electron chi connectivity index (χ0n) is 47.4. The normalized spacial score (nSPS) is 59.3. The van der Waals surface area contributed by atoms with Gasteiger partial charge >= 0.3 is 5.97 Å². The minimum Gasteiger partial charge on any atom is -0.459 e. The molecular formula is C61H86O20. The minimum absolute atomic E-state index is 0.0214. The first-order valence-electron chi connectivity index (χ1n) is 31.5. The Morgan fingerprint density at radius 1 is 0.519 bits per heavy atom. The van der Waals surface area contributed by atoms with Gasteiger partial charge in [0.1, 0.15) is 42.7 Å². The second-order valence-corrected chi connectivity index (χ2v) is 28.3. The average Bonchev–Trinajstić information content (AvgIpc) is 4.14. The number of aliphatic hydroxyl groups excluding tert-OH is 2. The summed E-state index contributed by atoms with van der Waals surface area (Å²) in [6.07, 6.45) is 0.905. The standard InChI is InChI=1S/C61H86O20/c1-26-13-32-7-9-36-27(2)14-34(66-36)11-12-58-25-61(65)57(81-58)56-55(80-61)54(79-58)53-37(71-56)10-8-33(68-53)15-48(64)74-52-31(6)51-44(70-43(52)16-38(67-32)30(26)5)19-42-46(73-51)22-60(75-42)23-47-50(78-60)29(4)21-59(77-47)20-28(3)49-45(76-59)18-40-41(72-49)17-39(69-40)35(63)24-62/h26,28-29,31-47,49-57,62-63,65H,2,5,7-25H2,1,3-4,6H3/t26-,28+,29+,31+,32+,33-,34+,35+,36+,37+,38?,39+,40-,41-,42-,43+,44+,45+,46-,47+,49+,50+,51+,52-,53+,54+,55+,56?,57+,58-,59-,60-,61+/m1/s1. The molecular weight excluding hydrogens is 1050 g/mol. The largest absolute Gasteiger partial charge is 0.459 e. The highest BCUT2D eigenvalue weighted by atomic mass is 16.8. The van der Waals surface area contributed by atoms with Gasteiger partial charge in [-0.3, -0.25) is 4.79 Å². The molecule has 0 amide bonds. The molecule has 17 heterocycles. The fourth-order valence-electron chi connectivity index (χ4n) is 18.9. The van der Waals surface area contributed by atoms with Crippen molar-refractivity contribution < 1.29 is 95.9 Å². The van der Waals surface area contributed by atoms with Crippen LogP contribution >= 0.6 is 0 Å². The van der Waals surface area contributed by atoms with E-state index in [2.05, 4.69) is 40.9 Å². The van der Waals surface area contributed by atoms with Crippen LogP contribution in [0.4, 0.5) is 0 Å². The van der Waals surface area contributed by atoms with E-state index in [1.807, 2.05) is 0 Å². The Balaban J connectivity index is 0.630. The molecule has 0 saturated carbocycles. The first-order valence-corrected chi connectivity index (χ1v) is 31.5. The van der Waals surface area contributed by atoms with E-state index in [4.69, 9.17) is 75.8 Å². The van der Waals surface area contributed by atoms with Crippen molar-refractivity contribution in [1.82, 2.24) is 0 Å². The predicted octanol–water partition coefficient (Wildman–Crippen LogP) is 4.65. The van der Waals surface area contributed by atoms with Crippen LogP contribution in [0.1, 0.15) is 143 Å². The van der Waals surface area contributed by atoms with E-state index in [0.717, 1.165) is 36.8 Å². The second kappa shape index (κ2) is 19.9. The number of esters is 1. The molecule has 20 nitrogen and oxygen atoms in total. The Bertz CT molecular complexity index is 2470.